The second-order valence-electron chi connectivity index (χ2n) is 12.8. The number of aromatic nitrogens is 4. The molecule has 0 bridgehead atoms. The predicted molar refractivity (Wildman–Crippen MR) is 167 cm³/mol. The quantitative estimate of drug-likeness (QED) is 0.452. The molecular weight excluding hydrogens is 556 g/mol. The molecule has 3 aromatic rings. The van der Waals surface area contributed by atoms with Gasteiger partial charge in [0.25, 0.3) is 0 Å². The topological polar surface area (TPSA) is 111 Å². The number of carbonyl (C=O) groups excluding carboxylic acids is 1. The largest absolute Gasteiger partial charge is 0.478 e. The highest BCUT2D eigenvalue weighted by Crippen LogP contribution is 2.39. The average molecular weight is 599 g/mol. The number of amides is 1. The fraction of sp³-hybridized carbons (Fsp3) is 0.545. The predicted octanol–water partition coefficient (Wildman–Crippen LogP) is 3.91. The van der Waals surface area contributed by atoms with Crippen LogP contribution in [0, 0.1) is 5.92 Å². The maximum absolute atomic E-state index is 12.4. The van der Waals surface area contributed by atoms with Crippen LogP contribution in [0.3, 0.4) is 0 Å². The van der Waals surface area contributed by atoms with Crippen molar-refractivity contribution in [3.05, 3.63) is 59.0 Å². The van der Waals surface area contributed by atoms with Crippen molar-refractivity contribution in [2.24, 2.45) is 5.92 Å². The van der Waals surface area contributed by atoms with Gasteiger partial charge in [0.05, 0.1) is 18.2 Å². The summed E-state index contributed by atoms with van der Waals surface area (Å²) >= 11 is 0. The van der Waals surface area contributed by atoms with Crippen LogP contribution in [0.15, 0.2) is 36.7 Å². The van der Waals surface area contributed by atoms with E-state index < -0.39 is 5.97 Å². The van der Waals surface area contributed by atoms with Crippen LogP contribution in [-0.4, -0.2) is 92.3 Å². The number of para-hydroxylation sites is 1. The lowest BCUT2D eigenvalue weighted by atomic mass is 9.94. The molecule has 1 aromatic carbocycles. The second-order valence-corrected chi connectivity index (χ2v) is 12.8. The molecule has 6 heterocycles. The van der Waals surface area contributed by atoms with Crippen LogP contribution in [0.4, 0.5) is 17.5 Å². The summed E-state index contributed by atoms with van der Waals surface area (Å²) in [6.45, 7) is 9.08. The van der Waals surface area contributed by atoms with Gasteiger partial charge in [0.1, 0.15) is 0 Å². The van der Waals surface area contributed by atoms with E-state index in [1.807, 2.05) is 4.90 Å². The Hall–Kier alpha value is -3.99. The number of fused-ring (bicyclic) bond motifs is 2. The van der Waals surface area contributed by atoms with E-state index in [4.69, 9.17) is 10.2 Å². The molecule has 1 N–H and O–H groups in total. The molecule has 4 aliphatic rings. The number of piperidine rings is 2. The fourth-order valence-corrected chi connectivity index (χ4v) is 7.59. The van der Waals surface area contributed by atoms with Crippen molar-refractivity contribution in [1.29, 1.82) is 0 Å². The van der Waals surface area contributed by atoms with E-state index in [9.17, 15) is 9.59 Å². The number of carboxylic acids is 1. The molecule has 7 rings (SSSR count). The molecule has 0 atom stereocenters. The maximum Gasteiger partial charge on any atom is 0.338 e. The van der Waals surface area contributed by atoms with E-state index in [1.54, 1.807) is 6.92 Å². The average Bonchev–Trinajstić information content (AvgIpc) is 3.44. The van der Waals surface area contributed by atoms with Crippen molar-refractivity contribution in [2.75, 3.05) is 55.6 Å². The first-order chi connectivity index (χ1) is 21.4. The van der Waals surface area contributed by atoms with Crippen molar-refractivity contribution in [3.63, 3.8) is 0 Å². The molecular formula is C33H42N8O3. The Balaban J connectivity index is 1.00. The van der Waals surface area contributed by atoms with Crippen molar-refractivity contribution >= 4 is 29.3 Å². The Bertz CT molecular complexity index is 1510. The van der Waals surface area contributed by atoms with Gasteiger partial charge in [-0.05, 0) is 56.1 Å². The molecule has 232 valence electrons. The summed E-state index contributed by atoms with van der Waals surface area (Å²) in [4.78, 5) is 41.2. The summed E-state index contributed by atoms with van der Waals surface area (Å²) in [6.07, 6.45) is 10.2. The zero-order valence-electron chi connectivity index (χ0n) is 25.6. The van der Waals surface area contributed by atoms with Gasteiger partial charge in [-0.3, -0.25) is 9.48 Å². The molecule has 2 saturated heterocycles. The number of nitrogens with zero attached hydrogens (tertiary/aromatic N) is 8. The minimum Gasteiger partial charge on any atom is -0.478 e. The van der Waals surface area contributed by atoms with E-state index in [2.05, 4.69) is 53.6 Å². The first-order valence-corrected chi connectivity index (χ1v) is 16.2. The standard InChI is InChI=1S/C33H42N8O3/c1-23(42)39-18-12-30-28(22-39)31(40-13-4-6-25-5-2-3-7-29(25)40)36-41(30)27-10-14-37(15-11-27)21-24-8-16-38(17-9-24)33-34-19-26(20-35-33)32(43)44/h2-3,5,7,19-20,24,27H,4,6,8-18,21-22H2,1H3,(H,43,44). The van der Waals surface area contributed by atoms with E-state index in [-0.39, 0.29) is 11.5 Å². The van der Waals surface area contributed by atoms with Gasteiger partial charge in [0.2, 0.25) is 11.9 Å². The minimum atomic E-state index is -1.00. The third kappa shape index (κ3) is 5.65. The molecule has 0 radical (unpaired) electrons. The number of carboxylic acid groups (broad SMARTS) is 1. The number of likely N-dealkylation sites (tertiary alicyclic amines) is 1. The molecule has 0 aliphatic carbocycles. The lowest BCUT2D eigenvalue weighted by Gasteiger charge is -2.38. The maximum atomic E-state index is 12.4. The van der Waals surface area contributed by atoms with Crippen LogP contribution in [0.25, 0.3) is 0 Å². The third-order valence-corrected chi connectivity index (χ3v) is 10.1. The number of hydrogen-bond acceptors (Lipinski definition) is 8. The van der Waals surface area contributed by atoms with Crippen molar-refractivity contribution in [3.8, 4) is 0 Å². The molecule has 0 unspecified atom stereocenters. The van der Waals surface area contributed by atoms with Gasteiger partial charge in [-0.25, -0.2) is 14.8 Å². The lowest BCUT2D eigenvalue weighted by Crippen LogP contribution is -2.42. The van der Waals surface area contributed by atoms with Crippen molar-refractivity contribution in [2.45, 2.75) is 64.5 Å². The monoisotopic (exact) mass is 598 g/mol. The summed E-state index contributed by atoms with van der Waals surface area (Å²) < 4.78 is 2.35. The normalized spacial score (nSPS) is 20.0. The fourth-order valence-electron chi connectivity index (χ4n) is 7.59. The zero-order chi connectivity index (χ0) is 30.2. The van der Waals surface area contributed by atoms with Crippen molar-refractivity contribution < 1.29 is 14.7 Å². The van der Waals surface area contributed by atoms with Gasteiger partial charge in [-0.1, -0.05) is 18.2 Å². The summed E-state index contributed by atoms with van der Waals surface area (Å²) in [5, 5.41) is 14.5. The molecule has 4 aliphatic heterocycles. The second kappa shape index (κ2) is 12.2. The minimum absolute atomic E-state index is 0.119. The first kappa shape index (κ1) is 28.8. The lowest BCUT2D eigenvalue weighted by molar-refractivity contribution is -0.129. The van der Waals surface area contributed by atoms with E-state index >= 15 is 0 Å². The summed E-state index contributed by atoms with van der Waals surface area (Å²) in [6, 6.07) is 9.08. The van der Waals surface area contributed by atoms with Gasteiger partial charge in [0.15, 0.2) is 5.82 Å². The number of hydrogen-bond donors (Lipinski definition) is 1. The first-order valence-electron chi connectivity index (χ1n) is 16.2. The van der Waals surface area contributed by atoms with Gasteiger partial charge in [0, 0.05) is 88.5 Å². The number of carbonyl (C=O) groups is 2. The van der Waals surface area contributed by atoms with E-state index in [0.717, 1.165) is 96.6 Å². The molecule has 0 spiro atoms. The van der Waals surface area contributed by atoms with Gasteiger partial charge < -0.3 is 24.7 Å². The summed E-state index contributed by atoms with van der Waals surface area (Å²) in [7, 11) is 0. The molecule has 1 amide bonds. The Morgan fingerprint density at radius 2 is 1.68 bits per heavy atom. The van der Waals surface area contributed by atoms with Crippen LogP contribution in [0.2, 0.25) is 0 Å². The number of aromatic carboxylic acids is 1. The van der Waals surface area contributed by atoms with Gasteiger partial charge in [-0.15, -0.1) is 0 Å². The van der Waals surface area contributed by atoms with Crippen LogP contribution in [0.1, 0.15) is 72.2 Å². The number of aryl methyl sites for hydroxylation is 1. The van der Waals surface area contributed by atoms with Gasteiger partial charge >= 0.3 is 5.97 Å². The highest BCUT2D eigenvalue weighted by Gasteiger charge is 2.34. The SMILES string of the molecule is CC(=O)N1CCc2c(c(N3CCCc4ccccc43)nn2C2CCN(CC3CCN(c4ncc(C(=O)O)cn4)CC3)CC2)C1. The van der Waals surface area contributed by atoms with Crippen LogP contribution >= 0.6 is 0 Å². The zero-order valence-corrected chi connectivity index (χ0v) is 25.6. The Morgan fingerprint density at radius 1 is 0.932 bits per heavy atom. The Labute approximate surface area is 258 Å². The molecule has 11 nitrogen and oxygen atoms in total. The Morgan fingerprint density at radius 3 is 2.41 bits per heavy atom. The smallest absolute Gasteiger partial charge is 0.338 e. The molecule has 44 heavy (non-hydrogen) atoms. The number of anilines is 3. The summed E-state index contributed by atoms with van der Waals surface area (Å²) in [5.41, 5.74) is 5.32. The van der Waals surface area contributed by atoms with Crippen LogP contribution in [-0.2, 0) is 24.2 Å². The summed E-state index contributed by atoms with van der Waals surface area (Å²) in [5.74, 6) is 1.45. The van der Waals surface area contributed by atoms with Crippen LogP contribution in [0.5, 0.6) is 0 Å². The molecule has 2 aromatic heterocycles. The van der Waals surface area contributed by atoms with Crippen molar-refractivity contribution in [1.82, 2.24) is 29.5 Å². The van der Waals surface area contributed by atoms with Crippen LogP contribution < -0.4 is 9.80 Å². The molecule has 0 saturated carbocycles. The highest BCUT2D eigenvalue weighted by atomic mass is 16.4. The molecule has 11 heteroatoms. The van der Waals surface area contributed by atoms with Gasteiger partial charge in [-0.2, -0.15) is 5.10 Å². The molecule has 2 fully saturated rings. The third-order valence-electron chi connectivity index (χ3n) is 10.1. The number of benzene rings is 1. The van der Waals surface area contributed by atoms with E-state index in [1.165, 1.54) is 34.9 Å². The highest BCUT2D eigenvalue weighted by molar-refractivity contribution is 5.86. The van der Waals surface area contributed by atoms with E-state index in [0.29, 0.717) is 24.5 Å². The number of rotatable bonds is 6. The Kier molecular flexibility index (Phi) is 7.97.